The van der Waals surface area contributed by atoms with Gasteiger partial charge in [-0.15, -0.1) is 18.3 Å². The summed E-state index contributed by atoms with van der Waals surface area (Å²) in [6, 6.07) is 11.5. The number of hydrogen-bond acceptors (Lipinski definition) is 6. The van der Waals surface area contributed by atoms with Crippen molar-refractivity contribution < 1.29 is 22.3 Å². The third kappa shape index (κ3) is 4.87. The molecule has 0 amide bonds. The third-order valence-corrected chi connectivity index (χ3v) is 4.30. The highest BCUT2D eigenvalue weighted by Crippen LogP contribution is 2.32. The second-order valence-electron chi connectivity index (χ2n) is 5.66. The summed E-state index contributed by atoms with van der Waals surface area (Å²) in [7, 11) is 0. The van der Waals surface area contributed by atoms with Crippen LogP contribution in [0.3, 0.4) is 0 Å². The number of nitrogens with one attached hydrogen (secondary N) is 2. The van der Waals surface area contributed by atoms with Crippen LogP contribution in [0.1, 0.15) is 11.3 Å². The lowest BCUT2D eigenvalue weighted by Crippen LogP contribution is -2.22. The molecule has 0 aliphatic heterocycles. The van der Waals surface area contributed by atoms with Crippen LogP contribution in [0.5, 0.6) is 5.75 Å². The zero-order valence-corrected chi connectivity index (χ0v) is 15.8. The summed E-state index contributed by atoms with van der Waals surface area (Å²) in [6.45, 7) is 0.422. The van der Waals surface area contributed by atoms with E-state index in [0.717, 1.165) is 10.9 Å². The Morgan fingerprint density at radius 2 is 1.96 bits per heavy atom. The average Bonchev–Trinajstić information content (AvgIpc) is 3.05. The first-order valence-electron chi connectivity index (χ1n) is 7.86. The van der Waals surface area contributed by atoms with Gasteiger partial charge < -0.3 is 20.2 Å². The van der Waals surface area contributed by atoms with Crippen LogP contribution in [0, 0.1) is 0 Å². The normalized spacial score (nSPS) is 12.2. The number of nitrogens with two attached hydrogens (primary N) is 2. The first-order chi connectivity index (χ1) is 13.2. The third-order valence-electron chi connectivity index (χ3n) is 3.68. The first kappa shape index (κ1) is 19.8. The van der Waals surface area contributed by atoms with Gasteiger partial charge in [-0.1, -0.05) is 12.1 Å². The Bertz CT molecular complexity index is 1020. The smallest absolute Gasteiger partial charge is 0.453 e. The number of rotatable bonds is 6. The van der Waals surface area contributed by atoms with Crippen molar-refractivity contribution in [3.8, 4) is 5.75 Å². The molecular weight excluding hydrogens is 443 g/mol. The van der Waals surface area contributed by atoms with Gasteiger partial charge in [-0.25, -0.2) is 11.4 Å². The average molecular weight is 458 g/mol. The van der Waals surface area contributed by atoms with E-state index in [-0.39, 0.29) is 16.1 Å². The number of ether oxygens (including phenoxy) is 1. The van der Waals surface area contributed by atoms with Gasteiger partial charge in [0.05, 0.1) is 4.47 Å². The van der Waals surface area contributed by atoms with E-state index in [1.165, 1.54) is 18.2 Å². The van der Waals surface area contributed by atoms with Crippen molar-refractivity contribution in [2.24, 2.45) is 16.7 Å². The monoisotopic (exact) mass is 457 g/mol. The molecule has 7 nitrogen and oxygen atoms in total. The van der Waals surface area contributed by atoms with E-state index in [0.29, 0.717) is 23.6 Å². The van der Waals surface area contributed by atoms with Crippen molar-refractivity contribution in [2.75, 3.05) is 5.32 Å². The molecule has 2 aromatic carbocycles. The molecule has 0 aliphatic carbocycles. The molecule has 0 fully saturated rings. The zero-order chi connectivity index (χ0) is 20.3. The highest BCUT2D eigenvalue weighted by atomic mass is 79.9. The summed E-state index contributed by atoms with van der Waals surface area (Å²) < 4.78 is 46.7. The number of amidine groups is 1. The second-order valence-corrected chi connectivity index (χ2v) is 6.51. The molecule has 0 saturated heterocycles. The summed E-state index contributed by atoms with van der Waals surface area (Å²) in [6.07, 6.45) is -4.75. The second kappa shape index (κ2) is 7.98. The highest BCUT2D eigenvalue weighted by Gasteiger charge is 2.31. The lowest BCUT2D eigenvalue weighted by Gasteiger charge is -2.12. The molecule has 28 heavy (non-hydrogen) atoms. The quantitative estimate of drug-likeness (QED) is 0.194. The predicted octanol–water partition coefficient (Wildman–Crippen LogP) is 3.79. The summed E-state index contributed by atoms with van der Waals surface area (Å²) in [5.74, 6) is 5.28. The zero-order valence-electron chi connectivity index (χ0n) is 14.2. The molecule has 3 aromatic rings. The van der Waals surface area contributed by atoms with E-state index >= 15 is 0 Å². The maximum Gasteiger partial charge on any atom is 0.573 e. The Balaban J connectivity index is 1.71. The van der Waals surface area contributed by atoms with Gasteiger partial charge in [0.1, 0.15) is 11.3 Å². The molecule has 1 heterocycles. The van der Waals surface area contributed by atoms with Crippen LogP contribution >= 0.6 is 15.9 Å². The van der Waals surface area contributed by atoms with Gasteiger partial charge in [0.15, 0.2) is 11.6 Å². The summed E-state index contributed by atoms with van der Waals surface area (Å²) >= 11 is 3.07. The number of alkyl halides is 3. The molecule has 1 aromatic heterocycles. The number of anilines is 1. The van der Waals surface area contributed by atoms with Crippen molar-refractivity contribution in [3.63, 3.8) is 0 Å². The Labute approximate surface area is 165 Å². The number of fused-ring (bicyclic) bond motifs is 1. The van der Waals surface area contributed by atoms with Crippen LogP contribution in [-0.4, -0.2) is 12.2 Å². The summed E-state index contributed by atoms with van der Waals surface area (Å²) in [4.78, 5) is 0. The standard InChI is InChI=1S/C17H15BrF3N5O2/c18-12-7-11(3-4-13(12)28-17(19,20)21)24-8-9-1-2-10-6-15(16(22)25-26-23)27-14(10)5-9/h1-7,24,26H,8,23H2,(H2,22,25). The van der Waals surface area contributed by atoms with E-state index in [2.05, 4.69) is 36.6 Å². The fourth-order valence-electron chi connectivity index (χ4n) is 2.46. The van der Waals surface area contributed by atoms with E-state index in [9.17, 15) is 13.2 Å². The number of hydrogen-bond donors (Lipinski definition) is 4. The van der Waals surface area contributed by atoms with Crippen molar-refractivity contribution in [1.29, 1.82) is 0 Å². The maximum absolute atomic E-state index is 12.3. The molecule has 0 spiro atoms. The Morgan fingerprint density at radius 3 is 2.64 bits per heavy atom. The highest BCUT2D eigenvalue weighted by molar-refractivity contribution is 9.10. The van der Waals surface area contributed by atoms with Crippen LogP contribution in [0.15, 0.2) is 56.5 Å². The minimum Gasteiger partial charge on any atom is -0.453 e. The number of nitrogens with zero attached hydrogens (tertiary/aromatic N) is 1. The summed E-state index contributed by atoms with van der Waals surface area (Å²) in [5.41, 5.74) is 9.95. The van der Waals surface area contributed by atoms with E-state index in [1.54, 1.807) is 6.07 Å². The molecule has 3 rings (SSSR count). The van der Waals surface area contributed by atoms with Gasteiger partial charge in [-0.05, 0) is 51.8 Å². The lowest BCUT2D eigenvalue weighted by molar-refractivity contribution is -0.274. The SMILES string of the molecule is NN/N=C(\N)c1cc2ccc(CNc3ccc(OC(F)(F)F)c(Br)c3)cc2o1. The van der Waals surface area contributed by atoms with Crippen LogP contribution in [-0.2, 0) is 6.54 Å². The molecule has 0 aliphatic rings. The Morgan fingerprint density at radius 1 is 1.18 bits per heavy atom. The molecular formula is C17H15BrF3N5O2. The van der Waals surface area contributed by atoms with Gasteiger partial charge in [-0.2, -0.15) is 0 Å². The molecule has 0 unspecified atom stereocenters. The van der Waals surface area contributed by atoms with Crippen LogP contribution < -0.4 is 27.2 Å². The maximum atomic E-state index is 12.3. The fourth-order valence-corrected chi connectivity index (χ4v) is 2.92. The lowest BCUT2D eigenvalue weighted by atomic mass is 10.1. The molecule has 0 bridgehead atoms. The largest absolute Gasteiger partial charge is 0.573 e. The number of furan rings is 1. The molecule has 148 valence electrons. The van der Waals surface area contributed by atoms with Crippen molar-refractivity contribution in [3.05, 3.63) is 58.3 Å². The topological polar surface area (TPSA) is 111 Å². The van der Waals surface area contributed by atoms with Gasteiger partial charge in [0.25, 0.3) is 0 Å². The van der Waals surface area contributed by atoms with Crippen LogP contribution in [0.2, 0.25) is 0 Å². The molecule has 11 heteroatoms. The van der Waals surface area contributed by atoms with E-state index in [1.807, 2.05) is 18.2 Å². The first-order valence-corrected chi connectivity index (χ1v) is 8.65. The Hall–Kier alpha value is -2.92. The number of halogens is 4. The van der Waals surface area contributed by atoms with E-state index in [4.69, 9.17) is 16.0 Å². The van der Waals surface area contributed by atoms with Gasteiger partial charge >= 0.3 is 6.36 Å². The van der Waals surface area contributed by atoms with Crippen molar-refractivity contribution >= 4 is 38.4 Å². The van der Waals surface area contributed by atoms with Crippen molar-refractivity contribution in [1.82, 2.24) is 5.53 Å². The number of benzene rings is 2. The number of hydrazine groups is 1. The minimum absolute atomic E-state index is 0.115. The van der Waals surface area contributed by atoms with Crippen LogP contribution in [0.4, 0.5) is 18.9 Å². The Kier molecular flexibility index (Phi) is 5.66. The number of hydrazone groups is 1. The molecule has 6 N–H and O–H groups in total. The molecule has 0 saturated carbocycles. The fraction of sp³-hybridized carbons (Fsp3) is 0.118. The van der Waals surface area contributed by atoms with Crippen LogP contribution in [0.25, 0.3) is 11.0 Å². The molecule has 0 atom stereocenters. The van der Waals surface area contributed by atoms with E-state index < -0.39 is 6.36 Å². The van der Waals surface area contributed by atoms with Crippen molar-refractivity contribution in [2.45, 2.75) is 12.9 Å². The molecule has 0 radical (unpaired) electrons. The van der Waals surface area contributed by atoms with Gasteiger partial charge in [-0.3, -0.25) is 0 Å². The predicted molar refractivity (Wildman–Crippen MR) is 102 cm³/mol. The minimum atomic E-state index is -4.75. The van der Waals surface area contributed by atoms with Gasteiger partial charge in [0.2, 0.25) is 0 Å². The summed E-state index contributed by atoms with van der Waals surface area (Å²) in [5, 5.41) is 7.62. The van der Waals surface area contributed by atoms with Gasteiger partial charge in [0, 0.05) is 17.6 Å².